The molecule has 2 aliphatic heterocycles. The second-order valence-corrected chi connectivity index (χ2v) is 7.18. The van der Waals surface area contributed by atoms with Crippen molar-refractivity contribution in [2.45, 2.75) is 24.9 Å². The summed E-state index contributed by atoms with van der Waals surface area (Å²) in [6.07, 6.45) is 2.81. The van der Waals surface area contributed by atoms with Crippen molar-refractivity contribution in [3.63, 3.8) is 0 Å². The molecule has 9 heteroatoms. The molecule has 0 saturated heterocycles. The minimum atomic E-state index is -2.36. The fraction of sp³-hybridized carbons (Fsp3) is 0.409. The Morgan fingerprint density at radius 1 is 1.16 bits per heavy atom. The van der Waals surface area contributed by atoms with Crippen molar-refractivity contribution in [1.29, 1.82) is 0 Å². The van der Waals surface area contributed by atoms with Gasteiger partial charge in [0.25, 0.3) is 5.91 Å². The van der Waals surface area contributed by atoms with Gasteiger partial charge in [-0.05, 0) is 30.5 Å². The smallest absolute Gasteiger partial charge is 0.339 e. The number of carbonyl (C=O) groups excluding carboxylic acids is 3. The number of allylic oxidation sites excluding steroid dienone is 1. The summed E-state index contributed by atoms with van der Waals surface area (Å²) in [4.78, 5) is 39.8. The number of amides is 1. The van der Waals surface area contributed by atoms with E-state index in [0.29, 0.717) is 29.9 Å². The van der Waals surface area contributed by atoms with Crippen LogP contribution in [-0.2, 0) is 30.3 Å². The predicted molar refractivity (Wildman–Crippen MR) is 109 cm³/mol. The van der Waals surface area contributed by atoms with Gasteiger partial charge in [0.05, 0.1) is 46.8 Å². The molecule has 1 N–H and O–H groups in total. The zero-order valence-corrected chi connectivity index (χ0v) is 17.9. The lowest BCUT2D eigenvalue weighted by Gasteiger charge is -2.23. The van der Waals surface area contributed by atoms with E-state index in [1.807, 2.05) is 0 Å². The molecule has 3 rings (SSSR count). The fourth-order valence-corrected chi connectivity index (χ4v) is 4.02. The number of carbonyl (C=O) groups is 3. The first kappa shape index (κ1) is 22.4. The number of hydrogen-bond donors (Lipinski definition) is 1. The van der Waals surface area contributed by atoms with Gasteiger partial charge in [-0.3, -0.25) is 9.59 Å². The average Bonchev–Trinajstić information content (AvgIpc) is 2.88. The van der Waals surface area contributed by atoms with Crippen molar-refractivity contribution in [1.82, 2.24) is 4.90 Å². The van der Waals surface area contributed by atoms with Gasteiger partial charge in [0, 0.05) is 18.2 Å². The van der Waals surface area contributed by atoms with Crippen LogP contribution in [0.3, 0.4) is 0 Å². The molecule has 31 heavy (non-hydrogen) atoms. The van der Waals surface area contributed by atoms with Gasteiger partial charge in [0.2, 0.25) is 0 Å². The molecule has 0 spiro atoms. The van der Waals surface area contributed by atoms with E-state index in [2.05, 4.69) is 0 Å². The first-order chi connectivity index (χ1) is 14.8. The largest absolute Gasteiger partial charge is 0.504 e. The summed E-state index contributed by atoms with van der Waals surface area (Å²) in [5.74, 6) is -1.30. The quantitative estimate of drug-likeness (QED) is 0.390. The maximum absolute atomic E-state index is 13.3. The highest BCUT2D eigenvalue weighted by Gasteiger charge is 2.56. The molecule has 1 aromatic carbocycles. The Labute approximate surface area is 179 Å². The molecule has 0 fully saturated rings. The Balaban J connectivity index is 2.26. The third-order valence-corrected chi connectivity index (χ3v) is 5.42. The van der Waals surface area contributed by atoms with Crippen LogP contribution < -0.4 is 9.47 Å². The maximum atomic E-state index is 13.3. The SMILES string of the molecule is CO/C=C/C(=O)CC1(O)C(=O)N2CCCc3cc(OC)c(OC)cc3C2=C1C(=O)OC. The van der Waals surface area contributed by atoms with Crippen molar-refractivity contribution < 1.29 is 38.4 Å². The van der Waals surface area contributed by atoms with E-state index in [-0.39, 0.29) is 17.8 Å². The van der Waals surface area contributed by atoms with E-state index < -0.39 is 29.7 Å². The fourth-order valence-electron chi connectivity index (χ4n) is 4.02. The molecule has 1 unspecified atom stereocenters. The van der Waals surface area contributed by atoms with E-state index in [1.54, 1.807) is 12.1 Å². The van der Waals surface area contributed by atoms with Gasteiger partial charge in [0.15, 0.2) is 22.9 Å². The van der Waals surface area contributed by atoms with Crippen molar-refractivity contribution in [2.75, 3.05) is 35.0 Å². The molecule has 2 heterocycles. The summed E-state index contributed by atoms with van der Waals surface area (Å²) in [7, 11) is 5.51. The van der Waals surface area contributed by atoms with Gasteiger partial charge in [-0.15, -0.1) is 0 Å². The molecule has 0 radical (unpaired) electrons. The van der Waals surface area contributed by atoms with E-state index in [0.717, 1.165) is 25.0 Å². The number of nitrogens with zero attached hydrogens (tertiary/aromatic N) is 1. The number of rotatable bonds is 7. The van der Waals surface area contributed by atoms with E-state index >= 15 is 0 Å². The van der Waals surface area contributed by atoms with Crippen LogP contribution in [-0.4, -0.2) is 68.3 Å². The zero-order valence-electron chi connectivity index (χ0n) is 17.9. The third-order valence-electron chi connectivity index (χ3n) is 5.42. The minimum Gasteiger partial charge on any atom is -0.504 e. The second kappa shape index (κ2) is 8.81. The second-order valence-electron chi connectivity index (χ2n) is 7.18. The molecule has 1 amide bonds. The van der Waals surface area contributed by atoms with Crippen LogP contribution in [0.2, 0.25) is 0 Å². The van der Waals surface area contributed by atoms with Crippen molar-refractivity contribution in [3.8, 4) is 11.5 Å². The lowest BCUT2D eigenvalue weighted by atomic mass is 9.87. The number of aryl methyl sites for hydroxylation is 1. The number of fused-ring (bicyclic) bond motifs is 3. The molecular weight excluding hydrogens is 406 g/mol. The summed E-state index contributed by atoms with van der Waals surface area (Å²) < 4.78 is 20.4. The van der Waals surface area contributed by atoms with Gasteiger partial charge in [-0.2, -0.15) is 0 Å². The standard InChI is InChI=1S/C22H25NO8/c1-28-9-7-14(24)12-22(27)18(20(25)31-4)19-15-11-17(30-3)16(29-2)10-13(15)6-5-8-23(19)21(22)26/h7,9-11,27H,5-6,8,12H2,1-4H3/b9-7+. The molecule has 1 aromatic rings. The zero-order chi connectivity index (χ0) is 22.8. The van der Waals surface area contributed by atoms with Gasteiger partial charge < -0.3 is 29.0 Å². The molecule has 2 aliphatic rings. The highest BCUT2D eigenvalue weighted by Crippen LogP contribution is 2.46. The van der Waals surface area contributed by atoms with Gasteiger partial charge in [0.1, 0.15) is 5.57 Å². The van der Waals surface area contributed by atoms with E-state index in [4.69, 9.17) is 18.9 Å². The number of benzene rings is 1. The maximum Gasteiger partial charge on any atom is 0.339 e. The molecule has 166 valence electrons. The van der Waals surface area contributed by atoms with Gasteiger partial charge in [-0.25, -0.2) is 4.79 Å². The Kier molecular flexibility index (Phi) is 6.35. The Bertz CT molecular complexity index is 980. The number of methoxy groups -OCH3 is 4. The summed E-state index contributed by atoms with van der Waals surface area (Å²) in [5, 5.41) is 11.4. The highest BCUT2D eigenvalue weighted by atomic mass is 16.5. The lowest BCUT2D eigenvalue weighted by Crippen LogP contribution is -2.46. The molecule has 0 aromatic heterocycles. The van der Waals surface area contributed by atoms with Crippen LogP contribution in [0.5, 0.6) is 11.5 Å². The number of esters is 1. The van der Waals surface area contributed by atoms with Crippen molar-refractivity contribution in [3.05, 3.63) is 41.2 Å². The number of ether oxygens (including phenoxy) is 4. The topological polar surface area (TPSA) is 112 Å². The molecule has 0 bridgehead atoms. The first-order valence-electron chi connectivity index (χ1n) is 9.67. The summed E-state index contributed by atoms with van der Waals surface area (Å²) in [6.45, 7) is 0.262. The number of ketones is 1. The minimum absolute atomic E-state index is 0.219. The van der Waals surface area contributed by atoms with Crippen LogP contribution in [0.4, 0.5) is 0 Å². The van der Waals surface area contributed by atoms with E-state index in [1.165, 1.54) is 26.2 Å². The van der Waals surface area contributed by atoms with Crippen LogP contribution >= 0.6 is 0 Å². The highest BCUT2D eigenvalue weighted by molar-refractivity contribution is 6.17. The van der Waals surface area contributed by atoms with Crippen molar-refractivity contribution in [2.24, 2.45) is 0 Å². The summed E-state index contributed by atoms with van der Waals surface area (Å²) in [6, 6.07) is 3.45. The van der Waals surface area contributed by atoms with Crippen molar-refractivity contribution >= 4 is 23.4 Å². The molecular formula is C22H25NO8. The first-order valence-corrected chi connectivity index (χ1v) is 9.67. The third kappa shape index (κ3) is 3.76. The molecule has 1 atom stereocenters. The summed E-state index contributed by atoms with van der Waals surface area (Å²) >= 11 is 0. The Morgan fingerprint density at radius 2 is 1.84 bits per heavy atom. The Morgan fingerprint density at radius 3 is 2.45 bits per heavy atom. The van der Waals surface area contributed by atoms with Gasteiger partial charge in [-0.1, -0.05) is 0 Å². The molecule has 0 aliphatic carbocycles. The average molecular weight is 431 g/mol. The van der Waals surface area contributed by atoms with E-state index in [9.17, 15) is 19.5 Å². The van der Waals surface area contributed by atoms with Crippen LogP contribution in [0.1, 0.15) is 24.0 Å². The predicted octanol–water partition coefficient (Wildman–Crippen LogP) is 1.23. The Hall–Kier alpha value is -3.33. The monoisotopic (exact) mass is 431 g/mol. The number of hydrogen-bond acceptors (Lipinski definition) is 8. The van der Waals surface area contributed by atoms with Crippen LogP contribution in [0.15, 0.2) is 30.0 Å². The number of aliphatic hydroxyl groups is 1. The normalized spacial score (nSPS) is 20.3. The van der Waals surface area contributed by atoms with Crippen LogP contribution in [0.25, 0.3) is 5.70 Å². The molecule has 0 saturated carbocycles. The van der Waals surface area contributed by atoms with Gasteiger partial charge >= 0.3 is 5.97 Å². The molecule has 9 nitrogen and oxygen atoms in total. The lowest BCUT2D eigenvalue weighted by molar-refractivity contribution is -0.149. The summed E-state index contributed by atoms with van der Waals surface area (Å²) in [5.41, 5.74) is -1.05. The van der Waals surface area contributed by atoms with Crippen LogP contribution in [0, 0.1) is 0 Å².